The van der Waals surface area contributed by atoms with Crippen molar-refractivity contribution in [2.75, 3.05) is 0 Å². The summed E-state index contributed by atoms with van der Waals surface area (Å²) >= 11 is 1.12. The van der Waals surface area contributed by atoms with E-state index in [0.29, 0.717) is 15.9 Å². The summed E-state index contributed by atoms with van der Waals surface area (Å²) in [7, 11) is 0. The molecule has 0 amide bonds. The van der Waals surface area contributed by atoms with Crippen molar-refractivity contribution < 1.29 is 13.2 Å². The van der Waals surface area contributed by atoms with Gasteiger partial charge in [-0.2, -0.15) is 13.2 Å². The molecule has 1 aromatic carbocycles. The summed E-state index contributed by atoms with van der Waals surface area (Å²) < 4.78 is 40.5. The Morgan fingerprint density at radius 1 is 1.29 bits per heavy atom. The molecule has 2 heterocycles. The van der Waals surface area contributed by atoms with Gasteiger partial charge in [0.1, 0.15) is 0 Å². The molecule has 1 aliphatic heterocycles. The highest BCUT2D eigenvalue weighted by atomic mass is 32.1. The second kappa shape index (κ2) is 3.35. The predicted octanol–water partition coefficient (Wildman–Crippen LogP) is 3.15. The van der Waals surface area contributed by atoms with Crippen LogP contribution in [-0.2, 0) is 19.1 Å². The molecule has 0 radical (unpaired) electrons. The van der Waals surface area contributed by atoms with E-state index in [9.17, 15) is 13.2 Å². The fraction of sp³-hybridized carbons (Fsp3) is 0.364. The molecule has 1 aromatic heterocycles. The van der Waals surface area contributed by atoms with Crippen LogP contribution in [0, 0.1) is 5.41 Å². The van der Waals surface area contributed by atoms with Crippen molar-refractivity contribution in [3.63, 3.8) is 0 Å². The van der Waals surface area contributed by atoms with Crippen LogP contribution in [0.15, 0.2) is 12.1 Å². The Balaban J connectivity index is 2.38. The van der Waals surface area contributed by atoms with Gasteiger partial charge in [-0.05, 0) is 30.5 Å². The first-order valence-electron chi connectivity index (χ1n) is 5.25. The topological polar surface area (TPSA) is 28.8 Å². The lowest BCUT2D eigenvalue weighted by Crippen LogP contribution is -2.18. The molecular weight excluding hydrogens is 249 g/mol. The number of hydrogen-bond donors (Lipinski definition) is 1. The number of thiazole rings is 1. The Kier molecular flexibility index (Phi) is 2.13. The van der Waals surface area contributed by atoms with E-state index < -0.39 is 11.7 Å². The molecule has 17 heavy (non-hydrogen) atoms. The van der Waals surface area contributed by atoms with E-state index in [-0.39, 0.29) is 0 Å². The summed E-state index contributed by atoms with van der Waals surface area (Å²) in [4.78, 5) is 0.334. The summed E-state index contributed by atoms with van der Waals surface area (Å²) in [5.41, 5.74) is 0.936. The van der Waals surface area contributed by atoms with E-state index in [4.69, 9.17) is 5.41 Å². The maximum Gasteiger partial charge on any atom is 0.416 e. The number of nitrogens with one attached hydrogen (secondary N) is 1. The SMILES string of the molecule is N=c1sc2cc(C(F)(F)F)cc3c2n1CCC3. The molecular formula is C11H9F3N2S. The normalized spacial score (nSPS) is 15.5. The van der Waals surface area contributed by atoms with Gasteiger partial charge in [-0.25, -0.2) is 0 Å². The molecule has 0 unspecified atom stereocenters. The third-order valence-corrected chi connectivity index (χ3v) is 3.98. The Hall–Kier alpha value is -1.30. The number of hydrogen-bond acceptors (Lipinski definition) is 2. The van der Waals surface area contributed by atoms with Crippen LogP contribution in [0.1, 0.15) is 17.5 Å². The average molecular weight is 258 g/mol. The number of aryl methyl sites for hydroxylation is 2. The molecule has 0 fully saturated rings. The summed E-state index contributed by atoms with van der Waals surface area (Å²) in [6.45, 7) is 0.733. The van der Waals surface area contributed by atoms with Crippen LogP contribution < -0.4 is 4.80 Å². The van der Waals surface area contributed by atoms with Gasteiger partial charge in [0, 0.05) is 6.54 Å². The van der Waals surface area contributed by atoms with E-state index in [2.05, 4.69) is 0 Å². The zero-order valence-corrected chi connectivity index (χ0v) is 9.58. The number of aromatic nitrogens is 1. The second-order valence-electron chi connectivity index (χ2n) is 4.14. The van der Waals surface area contributed by atoms with Crippen LogP contribution in [0.2, 0.25) is 0 Å². The van der Waals surface area contributed by atoms with Crippen molar-refractivity contribution in [1.82, 2.24) is 4.57 Å². The van der Waals surface area contributed by atoms with Gasteiger partial charge in [0.05, 0.1) is 15.8 Å². The van der Waals surface area contributed by atoms with Crippen LogP contribution in [0.4, 0.5) is 13.2 Å². The lowest BCUT2D eigenvalue weighted by Gasteiger charge is -2.16. The van der Waals surface area contributed by atoms with Gasteiger partial charge in [0.25, 0.3) is 0 Å². The largest absolute Gasteiger partial charge is 0.416 e. The highest BCUT2D eigenvalue weighted by Crippen LogP contribution is 2.35. The Labute approximate surface area is 98.8 Å². The fourth-order valence-corrected chi connectivity index (χ4v) is 3.33. The molecule has 0 aliphatic carbocycles. The van der Waals surface area contributed by atoms with Crippen molar-refractivity contribution in [2.45, 2.75) is 25.6 Å². The average Bonchev–Trinajstić information content (AvgIpc) is 2.56. The van der Waals surface area contributed by atoms with Crippen molar-refractivity contribution in [3.8, 4) is 0 Å². The first-order valence-corrected chi connectivity index (χ1v) is 6.06. The molecule has 0 bridgehead atoms. The van der Waals surface area contributed by atoms with Crippen LogP contribution >= 0.6 is 11.3 Å². The molecule has 1 N–H and O–H groups in total. The highest BCUT2D eigenvalue weighted by Gasteiger charge is 2.32. The summed E-state index contributed by atoms with van der Waals surface area (Å²) in [5.74, 6) is 0. The predicted molar refractivity (Wildman–Crippen MR) is 59.0 cm³/mol. The van der Waals surface area contributed by atoms with Gasteiger partial charge in [-0.1, -0.05) is 11.3 Å². The third-order valence-electron chi connectivity index (χ3n) is 3.03. The maximum atomic E-state index is 12.7. The van der Waals surface area contributed by atoms with Gasteiger partial charge in [-0.3, -0.25) is 5.41 Å². The van der Waals surface area contributed by atoms with Crippen LogP contribution in [0.25, 0.3) is 10.2 Å². The Morgan fingerprint density at radius 2 is 2.06 bits per heavy atom. The minimum atomic E-state index is -4.31. The molecule has 0 atom stereocenters. The van der Waals surface area contributed by atoms with Gasteiger partial charge < -0.3 is 4.57 Å². The van der Waals surface area contributed by atoms with E-state index in [0.717, 1.165) is 41.4 Å². The summed E-state index contributed by atoms with van der Waals surface area (Å²) in [6, 6.07) is 2.38. The second-order valence-corrected chi connectivity index (χ2v) is 5.17. The molecule has 0 saturated carbocycles. The molecule has 1 aliphatic rings. The van der Waals surface area contributed by atoms with Gasteiger partial charge in [-0.15, -0.1) is 0 Å². The standard InChI is InChI=1S/C11H9F3N2S/c12-11(13,14)7-4-6-2-1-3-16-9(6)8(5-7)17-10(16)15/h4-5,15H,1-3H2. The highest BCUT2D eigenvalue weighted by molar-refractivity contribution is 7.16. The van der Waals surface area contributed by atoms with Crippen molar-refractivity contribution in [1.29, 1.82) is 5.41 Å². The molecule has 0 spiro atoms. The molecule has 3 rings (SSSR count). The smallest absolute Gasteiger partial charge is 0.317 e. The first kappa shape index (κ1) is 10.8. The number of rotatable bonds is 0. The van der Waals surface area contributed by atoms with Crippen molar-refractivity contribution in [3.05, 3.63) is 28.1 Å². The molecule has 90 valence electrons. The zero-order valence-electron chi connectivity index (χ0n) is 8.77. The number of halogens is 3. The van der Waals surface area contributed by atoms with Crippen LogP contribution in [0.5, 0.6) is 0 Å². The van der Waals surface area contributed by atoms with E-state index in [1.807, 2.05) is 0 Å². The zero-order chi connectivity index (χ0) is 12.2. The molecule has 2 nitrogen and oxygen atoms in total. The molecule has 2 aromatic rings. The first-order chi connectivity index (χ1) is 7.97. The monoisotopic (exact) mass is 258 g/mol. The maximum absolute atomic E-state index is 12.7. The van der Waals surface area contributed by atoms with Crippen LogP contribution in [-0.4, -0.2) is 4.57 Å². The minimum absolute atomic E-state index is 0.334. The van der Waals surface area contributed by atoms with Gasteiger partial charge >= 0.3 is 6.18 Å². The van der Waals surface area contributed by atoms with E-state index >= 15 is 0 Å². The quantitative estimate of drug-likeness (QED) is 0.752. The number of nitrogens with zero attached hydrogens (tertiary/aromatic N) is 1. The Bertz CT molecular complexity index is 651. The third kappa shape index (κ3) is 1.58. The fourth-order valence-electron chi connectivity index (χ4n) is 2.31. The van der Waals surface area contributed by atoms with Gasteiger partial charge in [0.15, 0.2) is 4.80 Å². The lowest BCUT2D eigenvalue weighted by molar-refractivity contribution is -0.137. The van der Waals surface area contributed by atoms with E-state index in [1.54, 1.807) is 4.57 Å². The minimum Gasteiger partial charge on any atom is -0.317 e. The van der Waals surface area contributed by atoms with Crippen LogP contribution in [0.3, 0.4) is 0 Å². The molecule has 0 saturated heterocycles. The summed E-state index contributed by atoms with van der Waals surface area (Å²) in [5, 5.41) is 7.76. The number of alkyl halides is 3. The van der Waals surface area contributed by atoms with E-state index in [1.165, 1.54) is 6.07 Å². The van der Waals surface area contributed by atoms with Crippen molar-refractivity contribution >= 4 is 21.6 Å². The van der Waals surface area contributed by atoms with Gasteiger partial charge in [0.2, 0.25) is 0 Å². The van der Waals surface area contributed by atoms with Crippen molar-refractivity contribution in [2.24, 2.45) is 0 Å². The number of benzene rings is 1. The lowest BCUT2D eigenvalue weighted by atomic mass is 10.0. The molecule has 6 heteroatoms. The Morgan fingerprint density at radius 3 is 2.76 bits per heavy atom. The summed E-state index contributed by atoms with van der Waals surface area (Å²) in [6.07, 6.45) is -2.84.